The fourth-order valence-electron chi connectivity index (χ4n) is 3.62. The third-order valence-electron chi connectivity index (χ3n) is 5.39. The zero-order valence-corrected chi connectivity index (χ0v) is 20.3. The first-order chi connectivity index (χ1) is 16.8. The number of nitrogens with one attached hydrogen (secondary N) is 1. The predicted octanol–water partition coefficient (Wildman–Crippen LogP) is 5.40. The summed E-state index contributed by atoms with van der Waals surface area (Å²) in [5.41, 5.74) is 3.93. The standard InChI is InChI=1S/C25H24N6O3S/c1-16(2)20-8-4-5-9-22(20)30-24(18-7-6-12-26-14-18)28-29-25(30)35-15-23(32)27-21-13-19(31(33)34)11-10-17(21)3/h4-14,16H,15H2,1-3H3,(H,27,32). The van der Waals surface area contributed by atoms with Crippen LogP contribution in [0.2, 0.25) is 0 Å². The largest absolute Gasteiger partial charge is 0.325 e. The number of non-ortho nitro benzene ring substituents is 1. The van der Waals surface area contributed by atoms with Gasteiger partial charge in [-0.25, -0.2) is 0 Å². The highest BCUT2D eigenvalue weighted by Gasteiger charge is 2.20. The number of nitro benzene ring substituents is 1. The first-order valence-corrected chi connectivity index (χ1v) is 12.0. The molecule has 4 rings (SSSR count). The number of hydrogen-bond acceptors (Lipinski definition) is 7. The van der Waals surface area contributed by atoms with E-state index in [2.05, 4.69) is 40.4 Å². The quantitative estimate of drug-likeness (QED) is 0.200. The number of nitro groups is 1. The molecule has 0 aliphatic rings. The molecular formula is C25H24N6O3S. The molecule has 10 heteroatoms. The lowest BCUT2D eigenvalue weighted by molar-refractivity contribution is -0.384. The first-order valence-electron chi connectivity index (χ1n) is 11.0. The summed E-state index contributed by atoms with van der Waals surface area (Å²) in [6, 6.07) is 16.2. The molecule has 9 nitrogen and oxygen atoms in total. The van der Waals surface area contributed by atoms with Crippen molar-refractivity contribution >= 4 is 29.0 Å². The van der Waals surface area contributed by atoms with Gasteiger partial charge in [-0.2, -0.15) is 0 Å². The Bertz CT molecular complexity index is 1370. The number of amides is 1. The number of aryl methyl sites for hydroxylation is 1. The molecule has 2 aromatic heterocycles. The molecule has 0 saturated heterocycles. The zero-order chi connectivity index (χ0) is 24.9. The number of anilines is 1. The number of rotatable bonds is 8. The van der Waals surface area contributed by atoms with Gasteiger partial charge < -0.3 is 5.32 Å². The van der Waals surface area contributed by atoms with E-state index in [-0.39, 0.29) is 23.3 Å². The first kappa shape index (κ1) is 24.1. The number of benzene rings is 2. The molecule has 2 aromatic carbocycles. The number of carbonyl (C=O) groups is 1. The number of para-hydroxylation sites is 1. The van der Waals surface area contributed by atoms with Crippen LogP contribution >= 0.6 is 11.8 Å². The molecule has 0 saturated carbocycles. The lowest BCUT2D eigenvalue weighted by Gasteiger charge is -2.17. The van der Waals surface area contributed by atoms with E-state index in [0.29, 0.717) is 16.7 Å². The minimum atomic E-state index is -0.488. The molecule has 2 heterocycles. The Balaban J connectivity index is 1.64. The molecule has 1 amide bonds. The Morgan fingerprint density at radius 3 is 2.66 bits per heavy atom. The van der Waals surface area contributed by atoms with E-state index < -0.39 is 4.92 Å². The van der Waals surface area contributed by atoms with Gasteiger partial charge in [-0.3, -0.25) is 24.5 Å². The van der Waals surface area contributed by atoms with Crippen molar-refractivity contribution in [3.8, 4) is 17.1 Å². The average molecular weight is 489 g/mol. The van der Waals surface area contributed by atoms with Crippen molar-refractivity contribution in [3.05, 3.63) is 88.2 Å². The van der Waals surface area contributed by atoms with Crippen LogP contribution in [-0.2, 0) is 4.79 Å². The van der Waals surface area contributed by atoms with E-state index in [1.165, 1.54) is 23.9 Å². The van der Waals surface area contributed by atoms with Gasteiger partial charge in [-0.1, -0.05) is 49.9 Å². The lowest BCUT2D eigenvalue weighted by atomic mass is 10.0. The van der Waals surface area contributed by atoms with Gasteiger partial charge in [0, 0.05) is 30.1 Å². The van der Waals surface area contributed by atoms with Crippen molar-refractivity contribution < 1.29 is 9.72 Å². The predicted molar refractivity (Wildman–Crippen MR) is 136 cm³/mol. The number of hydrogen-bond donors (Lipinski definition) is 1. The second-order valence-corrected chi connectivity index (χ2v) is 9.13. The maximum atomic E-state index is 12.7. The summed E-state index contributed by atoms with van der Waals surface area (Å²) in [5.74, 6) is 0.641. The number of nitrogens with zero attached hydrogens (tertiary/aromatic N) is 5. The van der Waals surface area contributed by atoms with Crippen LogP contribution in [0.4, 0.5) is 11.4 Å². The van der Waals surface area contributed by atoms with E-state index in [9.17, 15) is 14.9 Å². The Labute approximate surface area is 206 Å². The van der Waals surface area contributed by atoms with Gasteiger partial charge in [0.2, 0.25) is 5.91 Å². The van der Waals surface area contributed by atoms with E-state index in [4.69, 9.17) is 0 Å². The molecular weight excluding hydrogens is 464 g/mol. The second-order valence-electron chi connectivity index (χ2n) is 8.19. The Morgan fingerprint density at radius 1 is 1.14 bits per heavy atom. The van der Waals surface area contributed by atoms with Gasteiger partial charge in [0.25, 0.3) is 5.69 Å². The fraction of sp³-hybridized carbons (Fsp3) is 0.200. The summed E-state index contributed by atoms with van der Waals surface area (Å²) >= 11 is 1.24. The molecule has 0 aliphatic carbocycles. The topological polar surface area (TPSA) is 116 Å². The van der Waals surface area contributed by atoms with Crippen LogP contribution in [0.1, 0.15) is 30.9 Å². The minimum absolute atomic E-state index is 0.0527. The van der Waals surface area contributed by atoms with Crippen molar-refractivity contribution in [1.29, 1.82) is 0 Å². The van der Waals surface area contributed by atoms with Gasteiger partial charge in [-0.05, 0) is 42.2 Å². The zero-order valence-electron chi connectivity index (χ0n) is 19.5. The Kier molecular flexibility index (Phi) is 7.21. The molecule has 0 radical (unpaired) electrons. The highest BCUT2D eigenvalue weighted by molar-refractivity contribution is 7.99. The monoisotopic (exact) mass is 488 g/mol. The molecule has 0 aliphatic heterocycles. The lowest BCUT2D eigenvalue weighted by Crippen LogP contribution is -2.15. The maximum Gasteiger partial charge on any atom is 0.271 e. The van der Waals surface area contributed by atoms with E-state index >= 15 is 0 Å². The smallest absolute Gasteiger partial charge is 0.271 e. The minimum Gasteiger partial charge on any atom is -0.325 e. The van der Waals surface area contributed by atoms with E-state index in [0.717, 1.165) is 22.4 Å². The van der Waals surface area contributed by atoms with E-state index in [1.54, 1.807) is 25.4 Å². The summed E-state index contributed by atoms with van der Waals surface area (Å²) < 4.78 is 1.95. The molecule has 0 fully saturated rings. The summed E-state index contributed by atoms with van der Waals surface area (Å²) in [6.07, 6.45) is 3.42. The van der Waals surface area contributed by atoms with Crippen LogP contribution in [-0.4, -0.2) is 36.3 Å². The number of thioether (sulfide) groups is 1. The molecule has 0 spiro atoms. The van der Waals surface area contributed by atoms with Crippen LogP contribution < -0.4 is 5.32 Å². The fourth-order valence-corrected chi connectivity index (χ4v) is 4.36. The third-order valence-corrected chi connectivity index (χ3v) is 6.32. The normalized spacial score (nSPS) is 11.0. The Morgan fingerprint density at radius 2 is 1.94 bits per heavy atom. The van der Waals surface area contributed by atoms with Gasteiger partial charge in [0.1, 0.15) is 0 Å². The average Bonchev–Trinajstić information content (AvgIpc) is 3.28. The molecule has 178 valence electrons. The second kappa shape index (κ2) is 10.5. The highest BCUT2D eigenvalue weighted by Crippen LogP contribution is 2.32. The van der Waals surface area contributed by atoms with Crippen molar-refractivity contribution in [1.82, 2.24) is 19.7 Å². The van der Waals surface area contributed by atoms with Crippen LogP contribution in [0.3, 0.4) is 0 Å². The molecule has 35 heavy (non-hydrogen) atoms. The van der Waals surface area contributed by atoms with Gasteiger partial charge in [0.15, 0.2) is 11.0 Å². The molecule has 4 aromatic rings. The number of aromatic nitrogens is 4. The third kappa shape index (κ3) is 5.38. The molecule has 0 unspecified atom stereocenters. The summed E-state index contributed by atoms with van der Waals surface area (Å²) in [4.78, 5) is 27.6. The number of carbonyl (C=O) groups excluding carboxylic acids is 1. The molecule has 1 N–H and O–H groups in total. The summed E-state index contributed by atoms with van der Waals surface area (Å²) in [5, 5.41) is 23.2. The SMILES string of the molecule is Cc1ccc([N+](=O)[O-])cc1NC(=O)CSc1nnc(-c2cccnc2)n1-c1ccccc1C(C)C. The maximum absolute atomic E-state index is 12.7. The van der Waals surface area contributed by atoms with Crippen molar-refractivity contribution in [2.45, 2.75) is 31.8 Å². The van der Waals surface area contributed by atoms with Gasteiger partial charge in [-0.15, -0.1) is 10.2 Å². The van der Waals surface area contributed by atoms with E-state index in [1.807, 2.05) is 34.9 Å². The Hall–Kier alpha value is -4.05. The summed E-state index contributed by atoms with van der Waals surface area (Å²) in [7, 11) is 0. The highest BCUT2D eigenvalue weighted by atomic mass is 32.2. The van der Waals surface area contributed by atoms with Crippen LogP contribution in [0.5, 0.6) is 0 Å². The van der Waals surface area contributed by atoms with Gasteiger partial charge >= 0.3 is 0 Å². The molecule has 0 atom stereocenters. The summed E-state index contributed by atoms with van der Waals surface area (Å²) in [6.45, 7) is 6.02. The van der Waals surface area contributed by atoms with Crippen LogP contribution in [0.25, 0.3) is 17.1 Å². The van der Waals surface area contributed by atoms with Gasteiger partial charge in [0.05, 0.1) is 22.1 Å². The molecule has 0 bridgehead atoms. The van der Waals surface area contributed by atoms with Crippen molar-refractivity contribution in [3.63, 3.8) is 0 Å². The van der Waals surface area contributed by atoms with Crippen molar-refractivity contribution in [2.75, 3.05) is 11.1 Å². The van der Waals surface area contributed by atoms with Crippen molar-refractivity contribution in [2.24, 2.45) is 0 Å². The number of pyridine rings is 1. The van der Waals surface area contributed by atoms with Crippen LogP contribution in [0, 0.1) is 17.0 Å². The van der Waals surface area contributed by atoms with Crippen LogP contribution in [0.15, 0.2) is 72.1 Å².